The van der Waals surface area contributed by atoms with E-state index in [1.165, 1.54) is 30.4 Å². The SMILES string of the molecule is O=[N+]([O-])c1ccc(C[NH2+][C@H]2CCCc3ccccc32)cc1. The summed E-state index contributed by atoms with van der Waals surface area (Å²) < 4.78 is 0. The summed E-state index contributed by atoms with van der Waals surface area (Å²) in [5.74, 6) is 0. The third-order valence-electron chi connectivity index (χ3n) is 4.20. The largest absolute Gasteiger partial charge is 0.336 e. The first-order chi connectivity index (χ1) is 10.2. The van der Waals surface area contributed by atoms with Crippen molar-refractivity contribution in [3.63, 3.8) is 0 Å². The van der Waals surface area contributed by atoms with Crippen LogP contribution in [0.5, 0.6) is 0 Å². The van der Waals surface area contributed by atoms with Gasteiger partial charge in [0.2, 0.25) is 0 Å². The van der Waals surface area contributed by atoms with E-state index in [2.05, 4.69) is 29.6 Å². The van der Waals surface area contributed by atoms with Gasteiger partial charge in [0.25, 0.3) is 5.69 Å². The second-order valence-electron chi connectivity index (χ2n) is 5.56. The van der Waals surface area contributed by atoms with Crippen molar-refractivity contribution in [2.24, 2.45) is 0 Å². The minimum absolute atomic E-state index is 0.154. The lowest BCUT2D eigenvalue weighted by atomic mass is 9.87. The summed E-state index contributed by atoms with van der Waals surface area (Å²) in [7, 11) is 0. The average Bonchev–Trinajstić information content (AvgIpc) is 2.53. The van der Waals surface area contributed by atoms with Crippen molar-refractivity contribution in [3.05, 3.63) is 75.3 Å². The maximum atomic E-state index is 10.7. The molecule has 1 aliphatic rings. The zero-order chi connectivity index (χ0) is 14.7. The molecular weight excluding hydrogens is 264 g/mol. The van der Waals surface area contributed by atoms with Crippen LogP contribution in [0.1, 0.15) is 35.6 Å². The summed E-state index contributed by atoms with van der Waals surface area (Å²) in [5, 5.41) is 13.0. The predicted molar refractivity (Wildman–Crippen MR) is 80.8 cm³/mol. The monoisotopic (exact) mass is 283 g/mol. The van der Waals surface area contributed by atoms with Gasteiger partial charge in [-0.25, -0.2) is 0 Å². The molecule has 3 rings (SSSR count). The maximum absolute atomic E-state index is 10.7. The number of non-ortho nitro benzene ring substituents is 1. The van der Waals surface area contributed by atoms with Crippen molar-refractivity contribution in [2.75, 3.05) is 0 Å². The van der Waals surface area contributed by atoms with Gasteiger partial charge in [-0.05, 0) is 30.5 Å². The first-order valence-electron chi connectivity index (χ1n) is 7.38. The number of nitro benzene ring substituents is 1. The molecule has 4 nitrogen and oxygen atoms in total. The zero-order valence-corrected chi connectivity index (χ0v) is 11.9. The molecule has 2 N–H and O–H groups in total. The number of benzene rings is 2. The van der Waals surface area contributed by atoms with Crippen LogP contribution in [0.25, 0.3) is 0 Å². The van der Waals surface area contributed by atoms with Gasteiger partial charge in [-0.15, -0.1) is 0 Å². The van der Waals surface area contributed by atoms with Gasteiger partial charge < -0.3 is 5.32 Å². The third kappa shape index (κ3) is 3.11. The van der Waals surface area contributed by atoms with E-state index in [4.69, 9.17) is 0 Å². The second-order valence-corrected chi connectivity index (χ2v) is 5.56. The third-order valence-corrected chi connectivity index (χ3v) is 4.20. The van der Waals surface area contributed by atoms with Gasteiger partial charge in [0.15, 0.2) is 0 Å². The first kappa shape index (κ1) is 13.8. The topological polar surface area (TPSA) is 59.8 Å². The van der Waals surface area contributed by atoms with Crippen LogP contribution in [0.15, 0.2) is 48.5 Å². The van der Waals surface area contributed by atoms with E-state index in [9.17, 15) is 10.1 Å². The van der Waals surface area contributed by atoms with Gasteiger partial charge in [-0.2, -0.15) is 0 Å². The number of nitro groups is 1. The summed E-state index contributed by atoms with van der Waals surface area (Å²) in [6, 6.07) is 16.0. The summed E-state index contributed by atoms with van der Waals surface area (Å²) in [5.41, 5.74) is 4.20. The van der Waals surface area contributed by atoms with Crippen molar-refractivity contribution in [1.82, 2.24) is 0 Å². The van der Waals surface area contributed by atoms with E-state index in [1.807, 2.05) is 12.1 Å². The first-order valence-corrected chi connectivity index (χ1v) is 7.38. The Bertz CT molecular complexity index is 637. The summed E-state index contributed by atoms with van der Waals surface area (Å²) in [6.07, 6.45) is 3.61. The van der Waals surface area contributed by atoms with Gasteiger partial charge in [0.1, 0.15) is 12.6 Å². The van der Waals surface area contributed by atoms with E-state index >= 15 is 0 Å². The molecule has 2 aromatic carbocycles. The molecule has 0 saturated carbocycles. The van der Waals surface area contributed by atoms with Crippen molar-refractivity contribution in [3.8, 4) is 0 Å². The summed E-state index contributed by atoms with van der Waals surface area (Å²) in [4.78, 5) is 10.3. The van der Waals surface area contributed by atoms with E-state index in [1.54, 1.807) is 12.1 Å². The number of aryl methyl sites for hydroxylation is 1. The van der Waals surface area contributed by atoms with Crippen molar-refractivity contribution < 1.29 is 10.2 Å². The van der Waals surface area contributed by atoms with Crippen LogP contribution in [-0.4, -0.2) is 4.92 Å². The lowest BCUT2D eigenvalue weighted by molar-refractivity contribution is -0.712. The van der Waals surface area contributed by atoms with Crippen LogP contribution in [0.2, 0.25) is 0 Å². The number of quaternary nitrogens is 1. The van der Waals surface area contributed by atoms with Crippen LogP contribution >= 0.6 is 0 Å². The molecule has 1 atom stereocenters. The molecule has 0 aliphatic heterocycles. The fraction of sp³-hybridized carbons (Fsp3) is 0.294. The Morgan fingerprint density at radius 1 is 1.14 bits per heavy atom. The molecule has 0 heterocycles. The Hall–Kier alpha value is -2.20. The second kappa shape index (κ2) is 6.06. The quantitative estimate of drug-likeness (QED) is 0.693. The van der Waals surface area contributed by atoms with E-state index < -0.39 is 0 Å². The molecule has 4 heteroatoms. The van der Waals surface area contributed by atoms with Gasteiger partial charge in [0, 0.05) is 29.7 Å². The van der Waals surface area contributed by atoms with Crippen LogP contribution in [0.4, 0.5) is 5.69 Å². The highest BCUT2D eigenvalue weighted by Crippen LogP contribution is 2.26. The van der Waals surface area contributed by atoms with Gasteiger partial charge >= 0.3 is 0 Å². The highest BCUT2D eigenvalue weighted by atomic mass is 16.6. The summed E-state index contributed by atoms with van der Waals surface area (Å²) in [6.45, 7) is 0.858. The smallest absolute Gasteiger partial charge is 0.269 e. The highest BCUT2D eigenvalue weighted by molar-refractivity contribution is 5.33. The molecular formula is C17H19N2O2+. The van der Waals surface area contributed by atoms with Crippen molar-refractivity contribution >= 4 is 5.69 Å². The van der Waals surface area contributed by atoms with Gasteiger partial charge in [0.05, 0.1) is 4.92 Å². The number of hydrogen-bond donors (Lipinski definition) is 1. The van der Waals surface area contributed by atoms with Gasteiger partial charge in [-0.1, -0.05) is 24.3 Å². The number of rotatable bonds is 4. The molecule has 2 aromatic rings. The molecule has 108 valence electrons. The molecule has 0 amide bonds. The molecule has 0 radical (unpaired) electrons. The average molecular weight is 283 g/mol. The number of nitrogens with zero attached hydrogens (tertiary/aromatic N) is 1. The molecule has 0 spiro atoms. The van der Waals surface area contributed by atoms with Crippen LogP contribution < -0.4 is 5.32 Å². The fourth-order valence-electron chi connectivity index (χ4n) is 3.07. The Morgan fingerprint density at radius 2 is 1.90 bits per heavy atom. The standard InChI is InChI=1S/C17H18N2O2/c20-19(21)15-10-8-13(9-11-15)12-18-17-7-3-5-14-4-1-2-6-16(14)17/h1-2,4,6,8-11,17-18H,3,5,7,12H2/p+1/t17-/m0/s1. The van der Waals surface area contributed by atoms with Crippen LogP contribution in [0, 0.1) is 10.1 Å². The molecule has 1 aliphatic carbocycles. The number of hydrogen-bond acceptors (Lipinski definition) is 2. The maximum Gasteiger partial charge on any atom is 0.269 e. The number of nitrogens with two attached hydrogens (primary N) is 1. The zero-order valence-electron chi connectivity index (χ0n) is 11.9. The Morgan fingerprint density at radius 3 is 2.67 bits per heavy atom. The van der Waals surface area contributed by atoms with Crippen LogP contribution in [-0.2, 0) is 13.0 Å². The Kier molecular flexibility index (Phi) is 3.97. The molecule has 21 heavy (non-hydrogen) atoms. The Balaban J connectivity index is 1.67. The minimum Gasteiger partial charge on any atom is -0.336 e. The van der Waals surface area contributed by atoms with Crippen LogP contribution in [0.3, 0.4) is 0 Å². The fourth-order valence-corrected chi connectivity index (χ4v) is 3.07. The lowest BCUT2D eigenvalue weighted by Gasteiger charge is -2.23. The summed E-state index contributed by atoms with van der Waals surface area (Å²) >= 11 is 0. The predicted octanol–water partition coefficient (Wildman–Crippen LogP) is 2.74. The minimum atomic E-state index is -0.356. The normalized spacial score (nSPS) is 17.2. The Labute approximate surface area is 124 Å². The van der Waals surface area contributed by atoms with Gasteiger partial charge in [-0.3, -0.25) is 10.1 Å². The van der Waals surface area contributed by atoms with E-state index in [-0.39, 0.29) is 10.6 Å². The number of fused-ring (bicyclic) bond motifs is 1. The van der Waals surface area contributed by atoms with Crippen molar-refractivity contribution in [2.45, 2.75) is 31.8 Å². The molecule has 0 unspecified atom stereocenters. The molecule has 0 saturated heterocycles. The highest BCUT2D eigenvalue weighted by Gasteiger charge is 2.22. The van der Waals surface area contributed by atoms with E-state index in [0.717, 1.165) is 12.1 Å². The lowest BCUT2D eigenvalue weighted by Crippen LogP contribution is -2.84. The van der Waals surface area contributed by atoms with Crippen molar-refractivity contribution in [1.29, 1.82) is 0 Å². The van der Waals surface area contributed by atoms with E-state index in [0.29, 0.717) is 6.04 Å². The molecule has 0 aromatic heterocycles. The molecule has 0 bridgehead atoms. The molecule has 0 fully saturated rings.